The van der Waals surface area contributed by atoms with Crippen LogP contribution in [0.2, 0.25) is 0 Å². The van der Waals surface area contributed by atoms with Crippen molar-refractivity contribution in [3.05, 3.63) is 0 Å². The number of hydrogen-bond acceptors (Lipinski definition) is 4. The molecule has 3 atom stereocenters. The molecule has 5 heteroatoms. The maximum absolute atomic E-state index is 11.8. The summed E-state index contributed by atoms with van der Waals surface area (Å²) in [6, 6.07) is 0.115. The highest BCUT2D eigenvalue weighted by Crippen LogP contribution is 2.30. The molecule has 1 heterocycles. The van der Waals surface area contributed by atoms with Crippen LogP contribution in [0.3, 0.4) is 0 Å². The summed E-state index contributed by atoms with van der Waals surface area (Å²) in [6.07, 6.45) is 3.90. The summed E-state index contributed by atoms with van der Waals surface area (Å²) in [5.74, 6) is 0.979. The second-order valence-electron chi connectivity index (χ2n) is 4.75. The van der Waals surface area contributed by atoms with Crippen LogP contribution in [0.25, 0.3) is 0 Å². The first-order valence-corrected chi connectivity index (χ1v) is 7.36. The van der Waals surface area contributed by atoms with Crippen LogP contribution in [0.15, 0.2) is 0 Å². The predicted octanol–water partition coefficient (Wildman–Crippen LogP) is 1.01. The number of nitrogens with zero attached hydrogens (tertiary/aromatic N) is 1. The summed E-state index contributed by atoms with van der Waals surface area (Å²) in [5, 5.41) is 4.00. The van der Waals surface area contributed by atoms with E-state index in [0.29, 0.717) is 17.7 Å². The van der Waals surface area contributed by atoms with Gasteiger partial charge in [0.1, 0.15) is 0 Å². The molecule has 2 rings (SSSR count). The largest absolute Gasteiger partial charge is 0.302 e. The zero-order valence-corrected chi connectivity index (χ0v) is 11.3. The number of nitrogens with one attached hydrogen (secondary N) is 1. The molecule has 1 aliphatic heterocycles. The van der Waals surface area contributed by atoms with Crippen LogP contribution in [0.4, 0.5) is 0 Å². The SMILES string of the molecule is CCSC1CCCC1NC1CC(=O)N(C)C1=O. The molecule has 1 aliphatic carbocycles. The van der Waals surface area contributed by atoms with Crippen molar-refractivity contribution >= 4 is 23.6 Å². The highest BCUT2D eigenvalue weighted by molar-refractivity contribution is 7.99. The van der Waals surface area contributed by atoms with Crippen LogP contribution >= 0.6 is 11.8 Å². The molecule has 2 fully saturated rings. The van der Waals surface area contributed by atoms with Gasteiger partial charge in [0.15, 0.2) is 0 Å². The van der Waals surface area contributed by atoms with Gasteiger partial charge < -0.3 is 5.32 Å². The van der Waals surface area contributed by atoms with Crippen molar-refractivity contribution in [1.82, 2.24) is 10.2 Å². The zero-order chi connectivity index (χ0) is 12.4. The lowest BCUT2D eigenvalue weighted by Gasteiger charge is -2.23. The number of amides is 2. The molecule has 1 N–H and O–H groups in total. The van der Waals surface area contributed by atoms with Crippen molar-refractivity contribution in [3.8, 4) is 0 Å². The minimum atomic E-state index is -0.282. The summed E-state index contributed by atoms with van der Waals surface area (Å²) in [7, 11) is 1.57. The average Bonchev–Trinajstić information content (AvgIpc) is 2.82. The third-order valence-electron chi connectivity index (χ3n) is 3.63. The maximum atomic E-state index is 11.8. The van der Waals surface area contributed by atoms with E-state index < -0.39 is 0 Å². The van der Waals surface area contributed by atoms with Gasteiger partial charge in [-0.1, -0.05) is 13.3 Å². The molecule has 1 saturated carbocycles. The molecule has 3 unspecified atom stereocenters. The first kappa shape index (κ1) is 12.9. The van der Waals surface area contributed by atoms with E-state index in [1.165, 1.54) is 17.7 Å². The Morgan fingerprint density at radius 2 is 2.18 bits per heavy atom. The van der Waals surface area contributed by atoms with Crippen LogP contribution in [0, 0.1) is 0 Å². The molecule has 17 heavy (non-hydrogen) atoms. The van der Waals surface area contributed by atoms with Crippen molar-refractivity contribution < 1.29 is 9.59 Å². The average molecular weight is 256 g/mol. The molecule has 1 saturated heterocycles. The van der Waals surface area contributed by atoms with E-state index in [-0.39, 0.29) is 17.9 Å². The number of imide groups is 1. The van der Waals surface area contributed by atoms with Crippen molar-refractivity contribution in [2.45, 2.75) is 49.9 Å². The van der Waals surface area contributed by atoms with Gasteiger partial charge in [-0.25, -0.2) is 0 Å². The first-order valence-electron chi connectivity index (χ1n) is 6.31. The molecular weight excluding hydrogens is 236 g/mol. The van der Waals surface area contributed by atoms with E-state index in [0.717, 1.165) is 12.2 Å². The van der Waals surface area contributed by atoms with Crippen LogP contribution in [0.1, 0.15) is 32.6 Å². The van der Waals surface area contributed by atoms with Crippen LogP contribution in [-0.4, -0.2) is 46.8 Å². The van der Waals surface area contributed by atoms with Crippen molar-refractivity contribution in [1.29, 1.82) is 0 Å². The smallest absolute Gasteiger partial charge is 0.246 e. The van der Waals surface area contributed by atoms with Crippen molar-refractivity contribution in [3.63, 3.8) is 0 Å². The Labute approximate surface area is 106 Å². The van der Waals surface area contributed by atoms with E-state index in [1.54, 1.807) is 7.05 Å². The lowest BCUT2D eigenvalue weighted by Crippen LogP contribution is -2.45. The maximum Gasteiger partial charge on any atom is 0.246 e. The van der Waals surface area contributed by atoms with Gasteiger partial charge in [0.2, 0.25) is 11.8 Å². The van der Waals surface area contributed by atoms with Gasteiger partial charge in [-0.2, -0.15) is 11.8 Å². The summed E-state index contributed by atoms with van der Waals surface area (Å²) in [5.41, 5.74) is 0. The molecule has 0 aromatic rings. The number of thioether (sulfide) groups is 1. The Hall–Kier alpha value is -0.550. The van der Waals surface area contributed by atoms with Crippen LogP contribution < -0.4 is 5.32 Å². The topological polar surface area (TPSA) is 49.4 Å². The molecule has 2 aliphatic rings. The Bertz CT molecular complexity index is 322. The van der Waals surface area contributed by atoms with E-state index in [1.807, 2.05) is 11.8 Å². The van der Waals surface area contributed by atoms with Gasteiger partial charge in [0.25, 0.3) is 0 Å². The van der Waals surface area contributed by atoms with Gasteiger partial charge >= 0.3 is 0 Å². The molecule has 0 bridgehead atoms. The molecule has 96 valence electrons. The standard InChI is InChI=1S/C12H20N2O2S/c1-3-17-10-6-4-5-8(10)13-9-7-11(15)14(2)12(9)16/h8-10,13H,3-7H2,1-2H3. The number of carbonyl (C=O) groups excluding carboxylic acids is 2. The van der Waals surface area contributed by atoms with Crippen LogP contribution in [-0.2, 0) is 9.59 Å². The number of hydrogen-bond donors (Lipinski definition) is 1. The summed E-state index contributed by atoms with van der Waals surface area (Å²) < 4.78 is 0. The fourth-order valence-corrected chi connectivity index (χ4v) is 3.88. The molecule has 4 nitrogen and oxygen atoms in total. The van der Waals surface area contributed by atoms with E-state index in [2.05, 4.69) is 12.2 Å². The number of carbonyl (C=O) groups is 2. The molecular formula is C12H20N2O2S. The van der Waals surface area contributed by atoms with Gasteiger partial charge in [-0.15, -0.1) is 0 Å². The van der Waals surface area contributed by atoms with Gasteiger partial charge in [0, 0.05) is 18.3 Å². The lowest BCUT2D eigenvalue weighted by molar-refractivity contribution is -0.137. The Kier molecular flexibility index (Phi) is 4.09. The van der Waals surface area contributed by atoms with E-state index in [9.17, 15) is 9.59 Å². The first-order chi connectivity index (χ1) is 8.13. The third-order valence-corrected chi connectivity index (χ3v) is 4.96. The van der Waals surface area contributed by atoms with Gasteiger partial charge in [-0.05, 0) is 18.6 Å². The van der Waals surface area contributed by atoms with E-state index in [4.69, 9.17) is 0 Å². The Morgan fingerprint density at radius 3 is 2.76 bits per heavy atom. The second-order valence-corrected chi connectivity index (χ2v) is 6.26. The quantitative estimate of drug-likeness (QED) is 0.763. The monoisotopic (exact) mass is 256 g/mol. The molecule has 2 amide bonds. The Balaban J connectivity index is 1.92. The minimum Gasteiger partial charge on any atom is -0.302 e. The summed E-state index contributed by atoms with van der Waals surface area (Å²) in [4.78, 5) is 24.5. The highest BCUT2D eigenvalue weighted by atomic mass is 32.2. The fourth-order valence-electron chi connectivity index (χ4n) is 2.67. The lowest BCUT2D eigenvalue weighted by atomic mass is 10.2. The molecule has 0 aromatic heterocycles. The van der Waals surface area contributed by atoms with E-state index >= 15 is 0 Å². The number of likely N-dealkylation sites (N-methyl/N-ethyl adjacent to an activating group) is 1. The number of rotatable bonds is 4. The normalized spacial score (nSPS) is 33.8. The van der Waals surface area contributed by atoms with Crippen LogP contribution in [0.5, 0.6) is 0 Å². The predicted molar refractivity (Wildman–Crippen MR) is 68.9 cm³/mol. The Morgan fingerprint density at radius 1 is 1.41 bits per heavy atom. The van der Waals surface area contributed by atoms with Gasteiger partial charge in [-0.3, -0.25) is 14.5 Å². The number of likely N-dealkylation sites (tertiary alicyclic amines) is 1. The molecule has 0 radical (unpaired) electrons. The van der Waals surface area contributed by atoms with Crippen molar-refractivity contribution in [2.24, 2.45) is 0 Å². The summed E-state index contributed by atoms with van der Waals surface area (Å²) >= 11 is 1.96. The third kappa shape index (κ3) is 2.65. The minimum absolute atomic E-state index is 0.0646. The summed E-state index contributed by atoms with van der Waals surface area (Å²) in [6.45, 7) is 2.16. The highest BCUT2D eigenvalue weighted by Gasteiger charge is 2.39. The fraction of sp³-hybridized carbons (Fsp3) is 0.833. The second kappa shape index (κ2) is 5.40. The molecule has 0 aromatic carbocycles. The molecule has 0 spiro atoms. The zero-order valence-electron chi connectivity index (χ0n) is 10.4. The van der Waals surface area contributed by atoms with Gasteiger partial charge in [0.05, 0.1) is 12.5 Å². The van der Waals surface area contributed by atoms with Crippen molar-refractivity contribution in [2.75, 3.05) is 12.8 Å².